The zero-order chi connectivity index (χ0) is 20.2. The molecule has 26 heavy (non-hydrogen) atoms. The number of carbonyl (C=O) groups is 1. The van der Waals surface area contributed by atoms with Crippen LogP contribution in [-0.4, -0.2) is 37.8 Å². The van der Waals surface area contributed by atoms with Gasteiger partial charge in [-0.3, -0.25) is 4.79 Å². The van der Waals surface area contributed by atoms with E-state index in [1.807, 2.05) is 27.7 Å². The standard InChI is InChI=1S/C13H18O4S.C6H12O2/c1-10-4-6-11(7-5-10)18(14,15)12-8-9-16-13(2,3)17-12;1-5(7)8-6(2,3)4/h4-7,12H,8-9H2,1-3H3;1-4H3. The number of carbonyl (C=O) groups excluding carboxylic acids is 1. The molecule has 0 spiro atoms. The summed E-state index contributed by atoms with van der Waals surface area (Å²) in [7, 11) is -3.45. The van der Waals surface area contributed by atoms with Crippen molar-refractivity contribution in [2.75, 3.05) is 6.61 Å². The van der Waals surface area contributed by atoms with E-state index in [1.165, 1.54) is 6.92 Å². The first kappa shape index (κ1) is 22.6. The number of ether oxygens (including phenoxy) is 3. The molecule has 1 aromatic rings. The number of esters is 1. The maximum atomic E-state index is 12.4. The molecule has 0 bridgehead atoms. The molecule has 1 unspecified atom stereocenters. The molecular weight excluding hydrogens is 356 g/mol. The Morgan fingerprint density at radius 2 is 1.73 bits per heavy atom. The number of benzene rings is 1. The van der Waals surface area contributed by atoms with E-state index in [0.29, 0.717) is 17.9 Å². The number of hydrogen-bond donors (Lipinski definition) is 0. The Hall–Kier alpha value is -1.44. The molecule has 0 saturated carbocycles. The minimum atomic E-state index is -3.45. The zero-order valence-corrected chi connectivity index (χ0v) is 17.5. The van der Waals surface area contributed by atoms with Gasteiger partial charge >= 0.3 is 5.97 Å². The van der Waals surface area contributed by atoms with E-state index < -0.39 is 21.1 Å². The number of hydrogen-bond acceptors (Lipinski definition) is 6. The topological polar surface area (TPSA) is 78.9 Å². The van der Waals surface area contributed by atoms with Crippen molar-refractivity contribution in [1.29, 1.82) is 0 Å². The van der Waals surface area contributed by atoms with E-state index in [1.54, 1.807) is 38.1 Å². The van der Waals surface area contributed by atoms with Crippen LogP contribution in [0, 0.1) is 6.92 Å². The smallest absolute Gasteiger partial charge is 0.303 e. The highest BCUT2D eigenvalue weighted by atomic mass is 32.2. The highest BCUT2D eigenvalue weighted by molar-refractivity contribution is 7.91. The first-order chi connectivity index (χ1) is 11.7. The maximum absolute atomic E-state index is 12.4. The second-order valence-corrected chi connectivity index (χ2v) is 9.74. The quantitative estimate of drug-likeness (QED) is 0.723. The first-order valence-electron chi connectivity index (χ1n) is 8.55. The molecule has 6 nitrogen and oxygen atoms in total. The second-order valence-electron chi connectivity index (χ2n) is 7.65. The lowest BCUT2D eigenvalue weighted by Gasteiger charge is -2.35. The molecule has 0 N–H and O–H groups in total. The summed E-state index contributed by atoms with van der Waals surface area (Å²) in [5.74, 6) is -1.07. The van der Waals surface area contributed by atoms with E-state index in [0.717, 1.165) is 5.56 Å². The van der Waals surface area contributed by atoms with Gasteiger partial charge in [0.15, 0.2) is 11.2 Å². The van der Waals surface area contributed by atoms with Crippen LogP contribution >= 0.6 is 0 Å². The summed E-state index contributed by atoms with van der Waals surface area (Å²) in [6.45, 7) is 12.7. The molecule has 1 saturated heterocycles. The van der Waals surface area contributed by atoms with Crippen LogP contribution in [0.2, 0.25) is 0 Å². The third-order valence-electron chi connectivity index (χ3n) is 3.36. The van der Waals surface area contributed by atoms with Gasteiger partial charge in [0, 0.05) is 13.3 Å². The van der Waals surface area contributed by atoms with Crippen molar-refractivity contribution < 1.29 is 27.4 Å². The molecule has 1 fully saturated rings. The van der Waals surface area contributed by atoms with E-state index >= 15 is 0 Å². The molecular formula is C19H30O6S. The van der Waals surface area contributed by atoms with Crippen LogP contribution < -0.4 is 0 Å². The van der Waals surface area contributed by atoms with Gasteiger partial charge in [0.1, 0.15) is 5.60 Å². The van der Waals surface area contributed by atoms with Crippen molar-refractivity contribution >= 4 is 15.8 Å². The fourth-order valence-electron chi connectivity index (χ4n) is 2.34. The average molecular weight is 387 g/mol. The van der Waals surface area contributed by atoms with Crippen LogP contribution in [0.3, 0.4) is 0 Å². The van der Waals surface area contributed by atoms with Crippen molar-refractivity contribution in [1.82, 2.24) is 0 Å². The summed E-state index contributed by atoms with van der Waals surface area (Å²) in [6, 6.07) is 6.82. The third kappa shape index (κ3) is 7.43. The third-order valence-corrected chi connectivity index (χ3v) is 5.32. The lowest BCUT2D eigenvalue weighted by Crippen LogP contribution is -2.43. The SMILES string of the molecule is CC(=O)OC(C)(C)C.Cc1ccc(S(=O)(=O)C2CCOC(C)(C)O2)cc1. The minimum absolute atomic E-state index is 0.225. The molecule has 0 radical (unpaired) electrons. The number of rotatable bonds is 2. The van der Waals surface area contributed by atoms with Gasteiger partial charge in [-0.25, -0.2) is 8.42 Å². The van der Waals surface area contributed by atoms with Crippen LogP contribution in [0.25, 0.3) is 0 Å². The van der Waals surface area contributed by atoms with Crippen LogP contribution in [0.1, 0.15) is 53.5 Å². The fourth-order valence-corrected chi connectivity index (χ4v) is 3.92. The Labute approximate surface area is 156 Å². The normalized spacial score (nSPS) is 19.9. The summed E-state index contributed by atoms with van der Waals surface area (Å²) in [5, 5.41) is 0. The van der Waals surface area contributed by atoms with Crippen LogP contribution in [0.5, 0.6) is 0 Å². The summed E-state index contributed by atoms with van der Waals surface area (Å²) in [5.41, 5.74) is -0.127. The summed E-state index contributed by atoms with van der Waals surface area (Å²) >= 11 is 0. The Morgan fingerprint density at radius 3 is 2.12 bits per heavy atom. The van der Waals surface area contributed by atoms with Crippen molar-refractivity contribution in [2.45, 2.75) is 76.6 Å². The summed E-state index contributed by atoms with van der Waals surface area (Å²) in [6.07, 6.45) is 0.361. The number of aryl methyl sites for hydroxylation is 1. The monoisotopic (exact) mass is 386 g/mol. The fraction of sp³-hybridized carbons (Fsp3) is 0.632. The van der Waals surface area contributed by atoms with Gasteiger partial charge in [-0.15, -0.1) is 0 Å². The maximum Gasteiger partial charge on any atom is 0.303 e. The van der Waals surface area contributed by atoms with Gasteiger partial charge in [0.2, 0.25) is 9.84 Å². The van der Waals surface area contributed by atoms with E-state index in [9.17, 15) is 13.2 Å². The molecule has 0 aliphatic carbocycles. The molecule has 148 valence electrons. The Balaban J connectivity index is 0.000000359. The molecule has 0 amide bonds. The molecule has 1 heterocycles. The first-order valence-corrected chi connectivity index (χ1v) is 10.1. The van der Waals surface area contributed by atoms with Gasteiger partial charge in [-0.1, -0.05) is 17.7 Å². The van der Waals surface area contributed by atoms with Gasteiger partial charge < -0.3 is 14.2 Å². The lowest BCUT2D eigenvalue weighted by molar-refractivity contribution is -0.255. The van der Waals surface area contributed by atoms with Crippen LogP contribution in [-0.2, 0) is 28.8 Å². The molecule has 1 atom stereocenters. The van der Waals surface area contributed by atoms with Gasteiger partial charge in [0.25, 0.3) is 0 Å². The number of sulfone groups is 1. The average Bonchev–Trinajstić information content (AvgIpc) is 2.44. The molecule has 1 aromatic carbocycles. The van der Waals surface area contributed by atoms with Crippen LogP contribution in [0.4, 0.5) is 0 Å². The Kier molecular flexibility index (Phi) is 7.39. The Morgan fingerprint density at radius 1 is 1.19 bits per heavy atom. The van der Waals surface area contributed by atoms with Gasteiger partial charge in [-0.05, 0) is 53.7 Å². The Bertz CT molecular complexity index is 699. The molecule has 2 rings (SSSR count). The van der Waals surface area contributed by atoms with E-state index in [2.05, 4.69) is 0 Å². The summed E-state index contributed by atoms with van der Waals surface area (Å²) in [4.78, 5) is 10.5. The predicted molar refractivity (Wildman–Crippen MR) is 99.4 cm³/mol. The van der Waals surface area contributed by atoms with Crippen molar-refractivity contribution in [3.8, 4) is 0 Å². The van der Waals surface area contributed by atoms with Crippen molar-refractivity contribution in [3.05, 3.63) is 29.8 Å². The van der Waals surface area contributed by atoms with E-state index in [-0.39, 0.29) is 11.6 Å². The predicted octanol–water partition coefficient (Wildman–Crippen LogP) is 3.62. The lowest BCUT2D eigenvalue weighted by atomic mass is 10.2. The van der Waals surface area contributed by atoms with Crippen molar-refractivity contribution in [2.24, 2.45) is 0 Å². The summed E-state index contributed by atoms with van der Waals surface area (Å²) < 4.78 is 40.5. The van der Waals surface area contributed by atoms with E-state index in [4.69, 9.17) is 14.2 Å². The second kappa shape index (κ2) is 8.50. The molecule has 0 aromatic heterocycles. The zero-order valence-electron chi connectivity index (χ0n) is 16.7. The van der Waals surface area contributed by atoms with Crippen LogP contribution in [0.15, 0.2) is 29.2 Å². The van der Waals surface area contributed by atoms with Gasteiger partial charge in [-0.2, -0.15) is 0 Å². The highest BCUT2D eigenvalue weighted by Gasteiger charge is 2.37. The van der Waals surface area contributed by atoms with Crippen molar-refractivity contribution in [3.63, 3.8) is 0 Å². The molecule has 1 aliphatic heterocycles. The molecule has 1 aliphatic rings. The molecule has 7 heteroatoms. The van der Waals surface area contributed by atoms with Gasteiger partial charge in [0.05, 0.1) is 11.5 Å². The largest absolute Gasteiger partial charge is 0.460 e. The highest BCUT2D eigenvalue weighted by Crippen LogP contribution is 2.29. The minimum Gasteiger partial charge on any atom is -0.460 e.